The molecule has 0 aliphatic rings. The summed E-state index contributed by atoms with van der Waals surface area (Å²) in [5.41, 5.74) is 1.37. The number of nitrogens with zero attached hydrogens (tertiary/aromatic N) is 2. The van der Waals surface area contributed by atoms with E-state index in [0.717, 1.165) is 16.1 Å². The monoisotopic (exact) mass is 477 g/mol. The summed E-state index contributed by atoms with van der Waals surface area (Å²) in [6.45, 7) is 5.61. The fourth-order valence-electron chi connectivity index (χ4n) is 3.14. The molecule has 1 atom stereocenters. The Hall–Kier alpha value is -2.78. The van der Waals surface area contributed by atoms with Gasteiger partial charge in [0, 0.05) is 19.6 Å². The van der Waals surface area contributed by atoms with Crippen molar-refractivity contribution in [3.63, 3.8) is 0 Å². The highest BCUT2D eigenvalue weighted by Crippen LogP contribution is 2.14. The van der Waals surface area contributed by atoms with Crippen LogP contribution in [0, 0.1) is 11.7 Å². The minimum Gasteiger partial charge on any atom is -0.354 e. The average molecular weight is 478 g/mol. The van der Waals surface area contributed by atoms with E-state index in [2.05, 4.69) is 5.32 Å². The van der Waals surface area contributed by atoms with Gasteiger partial charge < -0.3 is 10.2 Å². The van der Waals surface area contributed by atoms with E-state index in [0.29, 0.717) is 12.1 Å². The number of sulfonamides is 1. The Kier molecular flexibility index (Phi) is 9.55. The van der Waals surface area contributed by atoms with E-state index in [9.17, 15) is 22.4 Å². The highest BCUT2D eigenvalue weighted by molar-refractivity contribution is 7.88. The molecule has 0 spiro atoms. The molecule has 0 aliphatic heterocycles. The first kappa shape index (κ1) is 26.5. The lowest BCUT2D eigenvalue weighted by molar-refractivity contribution is -0.140. The second kappa shape index (κ2) is 11.9. The van der Waals surface area contributed by atoms with E-state index in [1.165, 1.54) is 29.2 Å². The third kappa shape index (κ3) is 8.58. The molecule has 2 amide bonds. The largest absolute Gasteiger partial charge is 0.354 e. The number of carbonyl (C=O) groups excluding carboxylic acids is 2. The molecule has 9 heteroatoms. The SMILES string of the molecule is CC(C)CNC(=O)C(C)N(Cc1ccc(F)cc1)C(=O)CN(Cc1ccccc1)S(C)(=O)=O. The van der Waals surface area contributed by atoms with Crippen molar-refractivity contribution in [2.75, 3.05) is 19.3 Å². The molecule has 0 aliphatic carbocycles. The Morgan fingerprint density at radius 2 is 1.52 bits per heavy atom. The van der Waals surface area contributed by atoms with Crippen LogP contribution < -0.4 is 5.32 Å². The normalized spacial score (nSPS) is 12.6. The number of amides is 2. The molecule has 0 radical (unpaired) electrons. The number of nitrogens with one attached hydrogen (secondary N) is 1. The maximum absolute atomic E-state index is 13.3. The van der Waals surface area contributed by atoms with Gasteiger partial charge in [0.1, 0.15) is 11.9 Å². The quantitative estimate of drug-likeness (QED) is 0.539. The summed E-state index contributed by atoms with van der Waals surface area (Å²) in [6, 6.07) is 13.7. The Morgan fingerprint density at radius 1 is 0.939 bits per heavy atom. The highest BCUT2D eigenvalue weighted by atomic mass is 32.2. The second-order valence-corrected chi connectivity index (χ2v) is 10.5. The molecule has 2 aromatic carbocycles. The molecular formula is C24H32FN3O4S. The van der Waals surface area contributed by atoms with E-state index in [1.807, 2.05) is 19.9 Å². The fraction of sp³-hybridized carbons (Fsp3) is 0.417. The first-order valence-corrected chi connectivity index (χ1v) is 12.6. The van der Waals surface area contributed by atoms with Gasteiger partial charge in [-0.1, -0.05) is 56.3 Å². The second-order valence-electron chi connectivity index (χ2n) is 8.48. The van der Waals surface area contributed by atoms with Crippen LogP contribution in [0.4, 0.5) is 4.39 Å². The number of halogens is 1. The lowest BCUT2D eigenvalue weighted by Crippen LogP contribution is -2.51. The van der Waals surface area contributed by atoms with E-state index in [-0.39, 0.29) is 24.9 Å². The van der Waals surface area contributed by atoms with Crippen molar-refractivity contribution in [2.45, 2.75) is 39.9 Å². The van der Waals surface area contributed by atoms with E-state index in [1.54, 1.807) is 31.2 Å². The van der Waals surface area contributed by atoms with Gasteiger partial charge >= 0.3 is 0 Å². The molecule has 2 aromatic rings. The van der Waals surface area contributed by atoms with Gasteiger partial charge in [-0.2, -0.15) is 4.31 Å². The Balaban J connectivity index is 2.27. The molecule has 180 valence electrons. The third-order valence-electron chi connectivity index (χ3n) is 5.10. The van der Waals surface area contributed by atoms with Gasteiger partial charge in [-0.15, -0.1) is 0 Å². The van der Waals surface area contributed by atoms with Crippen LogP contribution in [0.5, 0.6) is 0 Å². The summed E-state index contributed by atoms with van der Waals surface area (Å²) in [5.74, 6) is -1.04. The van der Waals surface area contributed by atoms with Crippen molar-refractivity contribution < 1.29 is 22.4 Å². The molecule has 0 bridgehead atoms. The molecule has 1 unspecified atom stereocenters. The van der Waals surface area contributed by atoms with Gasteiger partial charge in [0.25, 0.3) is 0 Å². The number of hydrogen-bond donors (Lipinski definition) is 1. The van der Waals surface area contributed by atoms with Gasteiger partial charge in [-0.25, -0.2) is 12.8 Å². The summed E-state index contributed by atoms with van der Waals surface area (Å²) < 4.78 is 39.2. The molecule has 33 heavy (non-hydrogen) atoms. The van der Waals surface area contributed by atoms with Gasteiger partial charge in [0.2, 0.25) is 21.8 Å². The van der Waals surface area contributed by atoms with Crippen LogP contribution in [0.2, 0.25) is 0 Å². The van der Waals surface area contributed by atoms with Crippen molar-refractivity contribution in [2.24, 2.45) is 5.92 Å². The summed E-state index contributed by atoms with van der Waals surface area (Å²) in [5, 5.41) is 2.81. The first-order chi connectivity index (χ1) is 15.5. The minimum absolute atomic E-state index is 0.0315. The predicted octanol–water partition coefficient (Wildman–Crippen LogP) is 2.78. The van der Waals surface area contributed by atoms with Crippen LogP contribution in [0.15, 0.2) is 54.6 Å². The molecule has 0 fully saturated rings. The van der Waals surface area contributed by atoms with Crippen LogP contribution in [0.25, 0.3) is 0 Å². The van der Waals surface area contributed by atoms with Crippen molar-refractivity contribution >= 4 is 21.8 Å². The molecule has 1 N–H and O–H groups in total. The van der Waals surface area contributed by atoms with Crippen LogP contribution in [-0.2, 0) is 32.7 Å². The van der Waals surface area contributed by atoms with Crippen LogP contribution in [-0.4, -0.2) is 54.8 Å². The Morgan fingerprint density at radius 3 is 2.06 bits per heavy atom. The summed E-state index contributed by atoms with van der Waals surface area (Å²) in [6.07, 6.45) is 1.05. The fourth-order valence-corrected chi connectivity index (χ4v) is 3.87. The number of hydrogen-bond acceptors (Lipinski definition) is 4. The highest BCUT2D eigenvalue weighted by Gasteiger charge is 2.29. The van der Waals surface area contributed by atoms with Crippen LogP contribution >= 0.6 is 0 Å². The molecule has 0 heterocycles. The predicted molar refractivity (Wildman–Crippen MR) is 126 cm³/mol. The summed E-state index contributed by atoms with van der Waals surface area (Å²) in [7, 11) is -3.70. The van der Waals surface area contributed by atoms with Crippen molar-refractivity contribution in [3.05, 3.63) is 71.5 Å². The molecular weight excluding hydrogens is 445 g/mol. The third-order valence-corrected chi connectivity index (χ3v) is 6.30. The van der Waals surface area contributed by atoms with Crippen LogP contribution in [0.3, 0.4) is 0 Å². The molecule has 0 aromatic heterocycles. The standard InChI is InChI=1S/C24H32FN3O4S/c1-18(2)14-26-24(30)19(3)28(16-21-10-12-22(25)13-11-21)23(29)17-27(33(4,31)32)15-20-8-6-5-7-9-20/h5-13,18-19H,14-17H2,1-4H3,(H,26,30). The zero-order valence-electron chi connectivity index (χ0n) is 19.5. The van der Waals surface area contributed by atoms with Crippen molar-refractivity contribution in [1.29, 1.82) is 0 Å². The van der Waals surface area contributed by atoms with E-state index < -0.39 is 34.3 Å². The van der Waals surface area contributed by atoms with E-state index in [4.69, 9.17) is 0 Å². The molecule has 7 nitrogen and oxygen atoms in total. The van der Waals surface area contributed by atoms with Gasteiger partial charge in [0.05, 0.1) is 12.8 Å². The Labute approximate surface area is 195 Å². The lowest BCUT2D eigenvalue weighted by Gasteiger charge is -2.31. The van der Waals surface area contributed by atoms with Crippen molar-refractivity contribution in [1.82, 2.24) is 14.5 Å². The molecule has 0 saturated carbocycles. The first-order valence-electron chi connectivity index (χ1n) is 10.8. The van der Waals surface area contributed by atoms with E-state index >= 15 is 0 Å². The summed E-state index contributed by atoms with van der Waals surface area (Å²) in [4.78, 5) is 27.4. The smallest absolute Gasteiger partial charge is 0.242 e. The maximum atomic E-state index is 13.3. The Bertz CT molecular complexity index is 1030. The molecule has 2 rings (SSSR count). The molecule has 0 saturated heterocycles. The summed E-state index contributed by atoms with van der Waals surface area (Å²) >= 11 is 0. The number of carbonyl (C=O) groups is 2. The van der Waals surface area contributed by atoms with Gasteiger partial charge in [-0.3, -0.25) is 9.59 Å². The van der Waals surface area contributed by atoms with Crippen LogP contribution in [0.1, 0.15) is 31.9 Å². The van der Waals surface area contributed by atoms with Crippen molar-refractivity contribution in [3.8, 4) is 0 Å². The van der Waals surface area contributed by atoms with Gasteiger partial charge in [-0.05, 0) is 36.1 Å². The zero-order valence-corrected chi connectivity index (χ0v) is 20.3. The number of benzene rings is 2. The average Bonchev–Trinajstić information content (AvgIpc) is 2.76. The zero-order chi connectivity index (χ0) is 24.6. The topological polar surface area (TPSA) is 86.8 Å². The van der Waals surface area contributed by atoms with Gasteiger partial charge in [0.15, 0.2) is 0 Å². The maximum Gasteiger partial charge on any atom is 0.242 e. The number of rotatable bonds is 11. The minimum atomic E-state index is -3.70. The lowest BCUT2D eigenvalue weighted by atomic mass is 10.1.